The van der Waals surface area contributed by atoms with Gasteiger partial charge in [0, 0.05) is 6.61 Å². The minimum atomic E-state index is 0.169. The van der Waals surface area contributed by atoms with E-state index >= 15 is 0 Å². The molecule has 0 unspecified atom stereocenters. The second-order valence-corrected chi connectivity index (χ2v) is 4.31. The number of hydrogen-bond donors (Lipinski definition) is 2. The Morgan fingerprint density at radius 1 is 1.00 bits per heavy atom. The lowest BCUT2D eigenvalue weighted by Gasteiger charge is -2.10. The Labute approximate surface area is 152 Å². The van der Waals surface area contributed by atoms with E-state index in [1.807, 2.05) is 41.5 Å². The molecule has 2 rings (SSSR count). The van der Waals surface area contributed by atoms with Gasteiger partial charge in [-0.25, -0.2) is 4.98 Å². The molecule has 146 valence electrons. The summed E-state index contributed by atoms with van der Waals surface area (Å²) in [5.74, 6) is 0.616. The van der Waals surface area contributed by atoms with Gasteiger partial charge in [-0.2, -0.15) is 9.97 Å². The van der Waals surface area contributed by atoms with E-state index in [4.69, 9.17) is 15.2 Å². The van der Waals surface area contributed by atoms with E-state index in [0.29, 0.717) is 29.8 Å². The maximum absolute atomic E-state index is 5.46. The molecular formula is C18H37N5O2. The second-order valence-electron chi connectivity index (χ2n) is 4.31. The summed E-state index contributed by atoms with van der Waals surface area (Å²) in [5, 5.41) is 0. The Hall–Kier alpha value is -1.89. The van der Waals surface area contributed by atoms with Crippen LogP contribution in [0.5, 0.6) is 5.88 Å². The number of ether oxygens (including phenoxy) is 2. The van der Waals surface area contributed by atoms with Gasteiger partial charge in [0.2, 0.25) is 11.8 Å². The summed E-state index contributed by atoms with van der Waals surface area (Å²) in [6.07, 6.45) is 4.32. The first kappa shape index (κ1) is 25.4. The maximum atomic E-state index is 5.46. The van der Waals surface area contributed by atoms with Crippen molar-refractivity contribution >= 4 is 17.1 Å². The highest BCUT2D eigenvalue weighted by atomic mass is 16.5. The van der Waals surface area contributed by atoms with Crippen LogP contribution in [0.2, 0.25) is 0 Å². The Morgan fingerprint density at radius 2 is 1.60 bits per heavy atom. The summed E-state index contributed by atoms with van der Waals surface area (Å²) in [6.45, 7) is 17.6. The molecule has 0 aliphatic heterocycles. The number of fused-ring (bicyclic) bond motifs is 1. The molecule has 0 fully saturated rings. The molecule has 0 aliphatic carbocycles. The zero-order valence-corrected chi connectivity index (χ0v) is 17.2. The van der Waals surface area contributed by atoms with Crippen molar-refractivity contribution in [3.63, 3.8) is 0 Å². The molecule has 2 heterocycles. The van der Waals surface area contributed by atoms with E-state index in [1.165, 1.54) is 6.33 Å². The number of nitrogens with one attached hydrogen (secondary N) is 1. The van der Waals surface area contributed by atoms with Gasteiger partial charge in [0.25, 0.3) is 0 Å². The number of rotatable bonds is 6. The summed E-state index contributed by atoms with van der Waals surface area (Å²) in [7, 11) is 0. The monoisotopic (exact) mass is 355 g/mol. The fraction of sp³-hybridized carbons (Fsp3) is 0.722. The number of H-pyrrole nitrogens is 1. The molecule has 0 saturated heterocycles. The normalized spacial score (nSPS) is 9.32. The first-order valence-corrected chi connectivity index (χ1v) is 9.37. The SMILES string of the molecule is CC.CC.CCOC(CC)CC.CCOc1nc(N)nc2nc[nH]c12. The van der Waals surface area contributed by atoms with E-state index < -0.39 is 0 Å². The van der Waals surface area contributed by atoms with Crippen LogP contribution in [0, 0.1) is 0 Å². The van der Waals surface area contributed by atoms with Crippen LogP contribution in [0.15, 0.2) is 6.33 Å². The highest BCUT2D eigenvalue weighted by Crippen LogP contribution is 2.19. The van der Waals surface area contributed by atoms with Gasteiger partial charge < -0.3 is 20.2 Å². The molecule has 7 nitrogen and oxygen atoms in total. The Kier molecular flexibility index (Phi) is 17.2. The van der Waals surface area contributed by atoms with E-state index in [1.54, 1.807) is 0 Å². The number of nitrogen functional groups attached to an aromatic ring is 1. The lowest BCUT2D eigenvalue weighted by molar-refractivity contribution is 0.0578. The number of anilines is 1. The number of aromatic amines is 1. The highest BCUT2D eigenvalue weighted by molar-refractivity contribution is 5.76. The van der Waals surface area contributed by atoms with Gasteiger partial charge in [0.05, 0.1) is 19.0 Å². The molecule has 0 atom stereocenters. The topological polar surface area (TPSA) is 98.9 Å². The number of nitrogens with two attached hydrogens (primary N) is 1. The summed E-state index contributed by atoms with van der Waals surface area (Å²) in [4.78, 5) is 14.7. The van der Waals surface area contributed by atoms with Crippen molar-refractivity contribution in [1.29, 1.82) is 0 Å². The molecule has 25 heavy (non-hydrogen) atoms. The van der Waals surface area contributed by atoms with Gasteiger partial charge in [0.1, 0.15) is 5.52 Å². The van der Waals surface area contributed by atoms with Gasteiger partial charge in [-0.15, -0.1) is 0 Å². The van der Waals surface area contributed by atoms with Crippen molar-refractivity contribution in [2.45, 2.75) is 74.3 Å². The quantitative estimate of drug-likeness (QED) is 0.785. The highest BCUT2D eigenvalue weighted by Gasteiger charge is 2.08. The third kappa shape index (κ3) is 9.86. The summed E-state index contributed by atoms with van der Waals surface area (Å²) in [6, 6.07) is 0. The van der Waals surface area contributed by atoms with Crippen molar-refractivity contribution in [2.75, 3.05) is 18.9 Å². The van der Waals surface area contributed by atoms with Crippen molar-refractivity contribution in [3.05, 3.63) is 6.33 Å². The predicted molar refractivity (Wildman–Crippen MR) is 106 cm³/mol. The van der Waals surface area contributed by atoms with E-state index in [9.17, 15) is 0 Å². The molecule has 0 radical (unpaired) electrons. The fourth-order valence-electron chi connectivity index (χ4n) is 1.82. The molecule has 0 bridgehead atoms. The second kappa shape index (κ2) is 17.0. The van der Waals surface area contributed by atoms with E-state index in [2.05, 4.69) is 33.8 Å². The van der Waals surface area contributed by atoms with Crippen LogP contribution in [-0.2, 0) is 4.74 Å². The smallest absolute Gasteiger partial charge is 0.245 e. The molecule has 0 aliphatic rings. The predicted octanol–water partition coefficient (Wildman–Crippen LogP) is 4.60. The van der Waals surface area contributed by atoms with Gasteiger partial charge in [0.15, 0.2) is 5.65 Å². The summed E-state index contributed by atoms with van der Waals surface area (Å²) in [5.41, 5.74) is 6.66. The third-order valence-corrected chi connectivity index (χ3v) is 2.86. The zero-order chi connectivity index (χ0) is 19.7. The number of hydrogen-bond acceptors (Lipinski definition) is 6. The van der Waals surface area contributed by atoms with E-state index in [-0.39, 0.29) is 5.95 Å². The Balaban J connectivity index is 0. The molecule has 0 spiro atoms. The fourth-order valence-corrected chi connectivity index (χ4v) is 1.82. The van der Waals surface area contributed by atoms with Crippen LogP contribution < -0.4 is 10.5 Å². The lowest BCUT2D eigenvalue weighted by Crippen LogP contribution is -2.08. The molecule has 0 aromatic carbocycles. The number of imidazole rings is 1. The van der Waals surface area contributed by atoms with Crippen molar-refractivity contribution in [1.82, 2.24) is 19.9 Å². The van der Waals surface area contributed by atoms with Crippen LogP contribution in [-0.4, -0.2) is 39.3 Å². The average molecular weight is 356 g/mol. The standard InChI is InChI=1S/C7H9N5O.C7H16O.2C2H6/c1-2-13-6-4-5(10-3-9-4)11-7(8)12-6;1-4-7(5-2)8-6-3;2*1-2/h3H,2H2,1H3,(H3,8,9,10,11,12);7H,4-6H2,1-3H3;2*1-2H3. The summed E-state index contributed by atoms with van der Waals surface area (Å²) < 4.78 is 10.6. The van der Waals surface area contributed by atoms with Crippen LogP contribution in [0.1, 0.15) is 68.2 Å². The Bertz CT molecular complexity index is 527. The van der Waals surface area contributed by atoms with Crippen LogP contribution in [0.4, 0.5) is 5.95 Å². The summed E-state index contributed by atoms with van der Waals surface area (Å²) >= 11 is 0. The minimum Gasteiger partial charge on any atom is -0.476 e. The average Bonchev–Trinajstić information content (AvgIpc) is 3.12. The molecule has 3 N–H and O–H groups in total. The maximum Gasteiger partial charge on any atom is 0.245 e. The van der Waals surface area contributed by atoms with Gasteiger partial charge in [-0.05, 0) is 26.7 Å². The Morgan fingerprint density at radius 3 is 2.04 bits per heavy atom. The molecule has 0 saturated carbocycles. The van der Waals surface area contributed by atoms with Gasteiger partial charge in [-0.1, -0.05) is 41.5 Å². The molecule has 7 heteroatoms. The lowest BCUT2D eigenvalue weighted by atomic mass is 10.2. The van der Waals surface area contributed by atoms with Crippen molar-refractivity contribution in [3.8, 4) is 5.88 Å². The van der Waals surface area contributed by atoms with Gasteiger partial charge >= 0.3 is 0 Å². The first-order valence-electron chi connectivity index (χ1n) is 9.37. The van der Waals surface area contributed by atoms with E-state index in [0.717, 1.165) is 19.4 Å². The largest absolute Gasteiger partial charge is 0.476 e. The van der Waals surface area contributed by atoms with Crippen molar-refractivity contribution < 1.29 is 9.47 Å². The van der Waals surface area contributed by atoms with Crippen LogP contribution >= 0.6 is 0 Å². The molecular weight excluding hydrogens is 318 g/mol. The number of aromatic nitrogens is 4. The first-order chi connectivity index (χ1) is 12.2. The minimum absolute atomic E-state index is 0.169. The van der Waals surface area contributed by atoms with Crippen molar-refractivity contribution in [2.24, 2.45) is 0 Å². The molecule has 0 amide bonds. The van der Waals surface area contributed by atoms with Crippen LogP contribution in [0.25, 0.3) is 11.2 Å². The van der Waals surface area contributed by atoms with Crippen LogP contribution in [0.3, 0.4) is 0 Å². The molecule has 2 aromatic rings. The zero-order valence-electron chi connectivity index (χ0n) is 17.2. The third-order valence-electron chi connectivity index (χ3n) is 2.86. The molecule has 2 aromatic heterocycles. The van der Waals surface area contributed by atoms with Gasteiger partial charge in [-0.3, -0.25) is 0 Å². The number of nitrogens with zero attached hydrogens (tertiary/aromatic N) is 3.